The fourth-order valence-corrected chi connectivity index (χ4v) is 3.74. The van der Waals surface area contributed by atoms with E-state index in [2.05, 4.69) is 21.9 Å². The van der Waals surface area contributed by atoms with Crippen LogP contribution in [0.2, 0.25) is 0 Å². The number of carbonyl (C=O) groups excluding carboxylic acids is 2. The molecule has 2 heterocycles. The highest BCUT2D eigenvalue weighted by atomic mass is 16.5. The van der Waals surface area contributed by atoms with Gasteiger partial charge in [0.25, 0.3) is 0 Å². The summed E-state index contributed by atoms with van der Waals surface area (Å²) in [6.45, 7) is 4.75. The van der Waals surface area contributed by atoms with Crippen molar-refractivity contribution in [3.8, 4) is 11.5 Å². The maximum atomic E-state index is 13.3. The Morgan fingerprint density at radius 2 is 1.70 bits per heavy atom. The summed E-state index contributed by atoms with van der Waals surface area (Å²) in [5, 5.41) is 3.32. The van der Waals surface area contributed by atoms with Gasteiger partial charge >= 0.3 is 0 Å². The van der Waals surface area contributed by atoms with Gasteiger partial charge in [-0.05, 0) is 55.3 Å². The zero-order valence-electron chi connectivity index (χ0n) is 18.1. The number of anilines is 2. The number of piperidine rings is 1. The van der Waals surface area contributed by atoms with E-state index in [1.807, 2.05) is 30.3 Å². The van der Waals surface area contributed by atoms with Gasteiger partial charge in [0, 0.05) is 24.7 Å². The molecule has 33 heavy (non-hydrogen) atoms. The van der Waals surface area contributed by atoms with Crippen LogP contribution in [0.3, 0.4) is 0 Å². The van der Waals surface area contributed by atoms with Gasteiger partial charge in [-0.25, -0.2) is 9.97 Å². The van der Waals surface area contributed by atoms with Gasteiger partial charge in [0.2, 0.25) is 5.91 Å². The van der Waals surface area contributed by atoms with Crippen LogP contribution < -0.4 is 15.8 Å². The SMILES string of the molecule is C=CC(=O)N1CCC(Nc2ncnc(N)c2C(=O)c2ccc(Oc3ccccc3)cc2)CC1. The molecular formula is C25H25N5O3. The van der Waals surface area contributed by atoms with Crippen LogP contribution in [0.25, 0.3) is 0 Å². The van der Waals surface area contributed by atoms with Crippen LogP contribution in [0.1, 0.15) is 28.8 Å². The van der Waals surface area contributed by atoms with Crippen LogP contribution in [-0.4, -0.2) is 45.7 Å². The van der Waals surface area contributed by atoms with E-state index in [0.29, 0.717) is 36.0 Å². The third-order valence-electron chi connectivity index (χ3n) is 5.52. The quantitative estimate of drug-likeness (QED) is 0.423. The van der Waals surface area contributed by atoms with Gasteiger partial charge in [-0.15, -0.1) is 0 Å². The van der Waals surface area contributed by atoms with Crippen molar-refractivity contribution in [2.24, 2.45) is 0 Å². The predicted octanol–water partition coefficient (Wildman–Crippen LogP) is 3.67. The second-order valence-electron chi connectivity index (χ2n) is 7.70. The summed E-state index contributed by atoms with van der Waals surface area (Å²) in [6, 6.07) is 16.3. The first-order valence-electron chi connectivity index (χ1n) is 10.7. The molecule has 0 bridgehead atoms. The van der Waals surface area contributed by atoms with Crippen molar-refractivity contribution in [2.45, 2.75) is 18.9 Å². The van der Waals surface area contributed by atoms with E-state index in [9.17, 15) is 9.59 Å². The molecule has 1 aliphatic heterocycles. The van der Waals surface area contributed by atoms with Crippen LogP contribution >= 0.6 is 0 Å². The summed E-state index contributed by atoms with van der Waals surface area (Å²) in [7, 11) is 0. The summed E-state index contributed by atoms with van der Waals surface area (Å²) < 4.78 is 5.79. The lowest BCUT2D eigenvalue weighted by molar-refractivity contribution is -0.126. The number of likely N-dealkylation sites (tertiary alicyclic amines) is 1. The van der Waals surface area contributed by atoms with Gasteiger partial charge < -0.3 is 20.7 Å². The van der Waals surface area contributed by atoms with Crippen LogP contribution in [-0.2, 0) is 4.79 Å². The number of nitrogens with zero attached hydrogens (tertiary/aromatic N) is 3. The molecule has 8 heteroatoms. The standard InChI is InChI=1S/C25H25N5O3/c1-2-21(31)30-14-12-18(13-15-30)29-25-22(24(26)27-16-28-25)23(32)17-8-10-20(11-9-17)33-19-6-4-3-5-7-19/h2-11,16,18H,1,12-15H2,(H3,26,27,28,29). The van der Waals surface area contributed by atoms with Crippen molar-refractivity contribution in [3.63, 3.8) is 0 Å². The Balaban J connectivity index is 1.48. The third kappa shape index (κ3) is 5.17. The Morgan fingerprint density at radius 1 is 1.03 bits per heavy atom. The second kappa shape index (κ2) is 9.95. The number of carbonyl (C=O) groups is 2. The molecule has 2 aromatic carbocycles. The van der Waals surface area contributed by atoms with E-state index in [1.165, 1.54) is 12.4 Å². The number of rotatable bonds is 7. The summed E-state index contributed by atoms with van der Waals surface area (Å²) in [5.41, 5.74) is 6.76. The van der Waals surface area contributed by atoms with E-state index >= 15 is 0 Å². The van der Waals surface area contributed by atoms with Gasteiger partial charge in [-0.1, -0.05) is 24.8 Å². The van der Waals surface area contributed by atoms with Crippen molar-refractivity contribution in [2.75, 3.05) is 24.1 Å². The largest absolute Gasteiger partial charge is 0.457 e. The minimum atomic E-state index is -0.277. The van der Waals surface area contributed by atoms with Gasteiger partial charge in [-0.2, -0.15) is 0 Å². The molecule has 168 valence electrons. The average molecular weight is 444 g/mol. The number of hydrogen-bond acceptors (Lipinski definition) is 7. The van der Waals surface area contributed by atoms with Gasteiger partial charge in [0.1, 0.15) is 35.0 Å². The molecule has 0 unspecified atom stereocenters. The average Bonchev–Trinajstić information content (AvgIpc) is 2.85. The Morgan fingerprint density at radius 3 is 2.36 bits per heavy atom. The molecule has 1 aromatic heterocycles. The summed E-state index contributed by atoms with van der Waals surface area (Å²) in [5.74, 6) is 1.49. The molecule has 0 radical (unpaired) electrons. The number of nitrogen functional groups attached to an aromatic ring is 1. The topological polar surface area (TPSA) is 110 Å². The number of aromatic nitrogens is 2. The van der Waals surface area contributed by atoms with E-state index in [4.69, 9.17) is 10.5 Å². The number of ether oxygens (including phenoxy) is 1. The molecule has 0 aliphatic carbocycles. The van der Waals surface area contributed by atoms with Crippen molar-refractivity contribution in [1.29, 1.82) is 0 Å². The van der Waals surface area contributed by atoms with E-state index in [-0.39, 0.29) is 29.1 Å². The fourth-order valence-electron chi connectivity index (χ4n) is 3.74. The fraction of sp³-hybridized carbons (Fsp3) is 0.200. The predicted molar refractivity (Wildman–Crippen MR) is 126 cm³/mol. The van der Waals surface area contributed by atoms with Crippen LogP contribution in [0.15, 0.2) is 73.6 Å². The number of hydrogen-bond donors (Lipinski definition) is 2. The first-order valence-corrected chi connectivity index (χ1v) is 10.7. The Kier molecular flexibility index (Phi) is 6.64. The van der Waals surface area contributed by atoms with E-state index in [1.54, 1.807) is 29.2 Å². The summed E-state index contributed by atoms with van der Waals surface area (Å²) in [4.78, 5) is 35.1. The molecule has 0 atom stereocenters. The Labute approximate surface area is 192 Å². The van der Waals surface area contributed by atoms with Crippen molar-refractivity contribution in [3.05, 3.63) is 84.7 Å². The highest BCUT2D eigenvalue weighted by Gasteiger charge is 2.25. The highest BCUT2D eigenvalue weighted by Crippen LogP contribution is 2.26. The Hall–Kier alpha value is -4.20. The molecule has 3 aromatic rings. The van der Waals surface area contributed by atoms with E-state index < -0.39 is 0 Å². The number of amides is 1. The number of benzene rings is 2. The van der Waals surface area contributed by atoms with Crippen LogP contribution in [0.5, 0.6) is 11.5 Å². The molecule has 1 fully saturated rings. The summed E-state index contributed by atoms with van der Waals surface area (Å²) in [6.07, 6.45) is 4.11. The van der Waals surface area contributed by atoms with Crippen LogP contribution in [0.4, 0.5) is 11.6 Å². The van der Waals surface area contributed by atoms with Gasteiger partial charge in [0.05, 0.1) is 0 Å². The Bertz CT molecular complexity index is 1140. The zero-order chi connectivity index (χ0) is 23.2. The molecule has 0 spiro atoms. The smallest absolute Gasteiger partial charge is 0.245 e. The lowest BCUT2D eigenvalue weighted by Gasteiger charge is -2.32. The minimum Gasteiger partial charge on any atom is -0.457 e. The van der Waals surface area contributed by atoms with Crippen molar-refractivity contribution in [1.82, 2.24) is 14.9 Å². The first-order chi connectivity index (χ1) is 16.0. The van der Waals surface area contributed by atoms with Gasteiger partial charge in [0.15, 0.2) is 5.78 Å². The second-order valence-corrected chi connectivity index (χ2v) is 7.70. The maximum absolute atomic E-state index is 13.3. The van der Waals surface area contributed by atoms with Crippen LogP contribution in [0, 0.1) is 0 Å². The summed E-state index contributed by atoms with van der Waals surface area (Å²) >= 11 is 0. The first kappa shape index (κ1) is 22.0. The van der Waals surface area contributed by atoms with Crippen molar-refractivity contribution >= 4 is 23.3 Å². The molecule has 3 N–H and O–H groups in total. The molecule has 8 nitrogen and oxygen atoms in total. The van der Waals surface area contributed by atoms with Crippen molar-refractivity contribution < 1.29 is 14.3 Å². The molecule has 0 saturated carbocycles. The zero-order valence-corrected chi connectivity index (χ0v) is 18.1. The normalized spacial score (nSPS) is 13.9. The minimum absolute atomic E-state index is 0.0568. The highest BCUT2D eigenvalue weighted by molar-refractivity contribution is 6.14. The maximum Gasteiger partial charge on any atom is 0.245 e. The molecule has 1 amide bonds. The number of ketones is 1. The molecular weight excluding hydrogens is 418 g/mol. The third-order valence-corrected chi connectivity index (χ3v) is 5.52. The number of nitrogens with one attached hydrogen (secondary N) is 1. The molecule has 1 saturated heterocycles. The monoisotopic (exact) mass is 443 g/mol. The lowest BCUT2D eigenvalue weighted by atomic mass is 10.0. The molecule has 1 aliphatic rings. The lowest BCUT2D eigenvalue weighted by Crippen LogP contribution is -2.42. The van der Waals surface area contributed by atoms with Gasteiger partial charge in [-0.3, -0.25) is 9.59 Å². The number of nitrogens with two attached hydrogens (primary N) is 1. The molecule has 4 rings (SSSR count). The number of para-hydroxylation sites is 1. The van der Waals surface area contributed by atoms with E-state index in [0.717, 1.165) is 12.8 Å².